The van der Waals surface area contributed by atoms with E-state index in [1.807, 2.05) is 25.1 Å². The van der Waals surface area contributed by atoms with Crippen molar-refractivity contribution in [1.82, 2.24) is 4.57 Å². The molecule has 0 spiro atoms. The summed E-state index contributed by atoms with van der Waals surface area (Å²) < 4.78 is 14.9. The molecule has 150 valence electrons. The van der Waals surface area contributed by atoms with Crippen molar-refractivity contribution in [2.75, 3.05) is 24.6 Å². The molecule has 7 heteroatoms. The summed E-state index contributed by atoms with van der Waals surface area (Å²) in [6, 6.07) is 14.7. The largest absolute Gasteiger partial charge is 0.497 e. The Bertz CT molecular complexity index is 1090. The first-order chi connectivity index (χ1) is 14.2. The SMILES string of the molecule is CCOOSN1CCc2ccc(-c3c(C#N)c4ccc(OC)cc4n3CC)cc21. The third-order valence-electron chi connectivity index (χ3n) is 5.20. The van der Waals surface area contributed by atoms with Crippen LogP contribution in [0, 0.1) is 11.3 Å². The number of nitrogens with zero attached hydrogens (tertiary/aromatic N) is 3. The van der Waals surface area contributed by atoms with Crippen molar-refractivity contribution < 1.29 is 14.0 Å². The molecule has 1 aromatic heterocycles. The molecule has 1 aliphatic heterocycles. The molecule has 0 fully saturated rings. The second-order valence-corrected chi connectivity index (χ2v) is 7.43. The van der Waals surface area contributed by atoms with Crippen LogP contribution in [0.2, 0.25) is 0 Å². The van der Waals surface area contributed by atoms with E-state index in [0.717, 1.165) is 53.1 Å². The molecule has 1 aliphatic rings. The Kier molecular flexibility index (Phi) is 5.67. The lowest BCUT2D eigenvalue weighted by Crippen LogP contribution is -2.11. The van der Waals surface area contributed by atoms with Gasteiger partial charge in [-0.05, 0) is 44.0 Å². The van der Waals surface area contributed by atoms with Crippen LogP contribution in [0.25, 0.3) is 22.2 Å². The summed E-state index contributed by atoms with van der Waals surface area (Å²) in [4.78, 5) is 5.02. The Labute approximate surface area is 174 Å². The maximum Gasteiger partial charge on any atom is 0.151 e. The van der Waals surface area contributed by atoms with Gasteiger partial charge in [-0.1, -0.05) is 12.1 Å². The number of methoxy groups -OCH3 is 1. The van der Waals surface area contributed by atoms with Gasteiger partial charge in [-0.15, -0.1) is 4.33 Å². The number of hydrogen-bond donors (Lipinski definition) is 0. The molecular weight excluding hydrogens is 386 g/mol. The monoisotopic (exact) mass is 409 g/mol. The smallest absolute Gasteiger partial charge is 0.151 e. The minimum absolute atomic E-state index is 0.499. The Morgan fingerprint density at radius 1 is 1.17 bits per heavy atom. The fourth-order valence-electron chi connectivity index (χ4n) is 3.88. The topological polar surface area (TPSA) is 59.6 Å². The number of anilines is 1. The highest BCUT2D eigenvalue weighted by Gasteiger charge is 2.24. The number of ether oxygens (including phenoxy) is 1. The predicted octanol–water partition coefficient (Wildman–Crippen LogP) is 5.10. The molecule has 0 amide bonds. The van der Waals surface area contributed by atoms with Gasteiger partial charge >= 0.3 is 0 Å². The summed E-state index contributed by atoms with van der Waals surface area (Å²) in [6.07, 6.45) is 0.956. The van der Waals surface area contributed by atoms with E-state index in [-0.39, 0.29) is 0 Å². The van der Waals surface area contributed by atoms with E-state index in [1.165, 1.54) is 17.8 Å². The molecule has 3 aromatic rings. The van der Waals surface area contributed by atoms with Crippen LogP contribution in [0.5, 0.6) is 5.75 Å². The van der Waals surface area contributed by atoms with Crippen molar-refractivity contribution in [2.45, 2.75) is 26.8 Å². The highest BCUT2D eigenvalue weighted by molar-refractivity contribution is 7.96. The van der Waals surface area contributed by atoms with Crippen molar-refractivity contribution >= 4 is 28.8 Å². The van der Waals surface area contributed by atoms with Crippen LogP contribution in [0.1, 0.15) is 25.0 Å². The molecule has 0 aliphatic carbocycles. The van der Waals surface area contributed by atoms with Gasteiger partial charge in [0, 0.05) is 30.1 Å². The zero-order valence-electron chi connectivity index (χ0n) is 16.8. The van der Waals surface area contributed by atoms with Gasteiger partial charge in [0.2, 0.25) is 0 Å². The van der Waals surface area contributed by atoms with Gasteiger partial charge in [-0.2, -0.15) is 5.26 Å². The number of fused-ring (bicyclic) bond motifs is 2. The fourth-order valence-corrected chi connectivity index (χ4v) is 4.51. The summed E-state index contributed by atoms with van der Waals surface area (Å²) in [5, 5.41) is 10.9. The Morgan fingerprint density at radius 3 is 2.76 bits per heavy atom. The van der Waals surface area contributed by atoms with Gasteiger partial charge in [0.05, 0.1) is 36.2 Å². The molecule has 6 nitrogen and oxygen atoms in total. The number of rotatable bonds is 7. The number of aryl methyl sites for hydroxylation is 1. The van der Waals surface area contributed by atoms with Crippen molar-refractivity contribution in [3.05, 3.63) is 47.5 Å². The minimum Gasteiger partial charge on any atom is -0.497 e. The van der Waals surface area contributed by atoms with Crippen molar-refractivity contribution in [2.24, 2.45) is 0 Å². The normalized spacial score (nSPS) is 13.0. The summed E-state index contributed by atoms with van der Waals surface area (Å²) in [7, 11) is 1.66. The Balaban J connectivity index is 1.83. The maximum absolute atomic E-state index is 9.96. The molecule has 2 aromatic carbocycles. The minimum atomic E-state index is 0.499. The number of nitriles is 1. The van der Waals surface area contributed by atoms with E-state index in [2.05, 4.69) is 40.1 Å². The maximum atomic E-state index is 9.96. The van der Waals surface area contributed by atoms with Crippen LogP contribution in [0.4, 0.5) is 5.69 Å². The zero-order valence-corrected chi connectivity index (χ0v) is 17.6. The van der Waals surface area contributed by atoms with E-state index in [9.17, 15) is 5.26 Å². The lowest BCUT2D eigenvalue weighted by atomic mass is 10.0. The predicted molar refractivity (Wildman–Crippen MR) is 116 cm³/mol. The first-order valence-electron chi connectivity index (χ1n) is 9.69. The van der Waals surface area contributed by atoms with E-state index in [0.29, 0.717) is 12.2 Å². The first-order valence-corrected chi connectivity index (χ1v) is 10.4. The third kappa shape index (κ3) is 3.44. The Hall–Kier alpha value is -2.66. The highest BCUT2D eigenvalue weighted by atomic mass is 32.2. The van der Waals surface area contributed by atoms with Crippen LogP contribution >= 0.6 is 12.2 Å². The van der Waals surface area contributed by atoms with E-state index in [1.54, 1.807) is 7.11 Å². The van der Waals surface area contributed by atoms with E-state index < -0.39 is 0 Å². The van der Waals surface area contributed by atoms with Crippen LogP contribution in [-0.4, -0.2) is 24.8 Å². The summed E-state index contributed by atoms with van der Waals surface area (Å²) in [5.74, 6) is 0.783. The quantitative estimate of drug-likeness (QED) is 0.178. The van der Waals surface area contributed by atoms with Gasteiger partial charge in [0.25, 0.3) is 0 Å². The van der Waals surface area contributed by atoms with Crippen LogP contribution < -0.4 is 9.04 Å². The van der Waals surface area contributed by atoms with Gasteiger partial charge in [0.15, 0.2) is 12.2 Å². The second kappa shape index (κ2) is 8.37. The molecule has 0 saturated heterocycles. The highest BCUT2D eigenvalue weighted by Crippen LogP contribution is 2.40. The average Bonchev–Trinajstić information content (AvgIpc) is 3.30. The molecule has 29 heavy (non-hydrogen) atoms. The van der Waals surface area contributed by atoms with Gasteiger partial charge in [0.1, 0.15) is 11.8 Å². The summed E-state index contributed by atoms with van der Waals surface area (Å²) in [5.41, 5.74) is 6.00. The molecule has 0 radical (unpaired) electrons. The van der Waals surface area contributed by atoms with Crippen LogP contribution in [0.15, 0.2) is 36.4 Å². The number of aromatic nitrogens is 1. The summed E-state index contributed by atoms with van der Waals surface area (Å²) in [6.45, 7) is 6.09. The van der Waals surface area contributed by atoms with Crippen molar-refractivity contribution in [1.29, 1.82) is 5.26 Å². The molecule has 0 atom stereocenters. The van der Waals surface area contributed by atoms with Gasteiger partial charge in [-0.25, -0.2) is 4.89 Å². The van der Waals surface area contributed by atoms with E-state index in [4.69, 9.17) is 14.0 Å². The van der Waals surface area contributed by atoms with Crippen molar-refractivity contribution in [3.8, 4) is 23.1 Å². The van der Waals surface area contributed by atoms with Crippen LogP contribution in [0.3, 0.4) is 0 Å². The lowest BCUT2D eigenvalue weighted by molar-refractivity contribution is -0.185. The standard InChI is InChI=1S/C22H23N3O3S/c1-4-24-21-13-17(26-3)8-9-18(21)19(14-23)22(24)16-7-6-15-10-11-25(20(15)12-16)29-28-27-5-2/h6-9,12-13H,4-5,10-11H2,1-3H3. The number of benzene rings is 2. The lowest BCUT2D eigenvalue weighted by Gasteiger charge is -2.17. The van der Waals surface area contributed by atoms with Crippen LogP contribution in [-0.2, 0) is 22.2 Å². The molecule has 0 saturated carbocycles. The molecular formula is C22H23N3O3S. The third-order valence-corrected chi connectivity index (χ3v) is 5.91. The van der Waals surface area contributed by atoms with Gasteiger partial charge < -0.3 is 9.30 Å². The molecule has 0 N–H and O–H groups in total. The Morgan fingerprint density at radius 2 is 2.03 bits per heavy atom. The fraction of sp³-hybridized carbons (Fsp3) is 0.318. The second-order valence-electron chi connectivity index (χ2n) is 6.71. The number of hydrogen-bond acceptors (Lipinski definition) is 6. The van der Waals surface area contributed by atoms with Crippen molar-refractivity contribution in [3.63, 3.8) is 0 Å². The zero-order chi connectivity index (χ0) is 20.4. The molecule has 2 heterocycles. The van der Waals surface area contributed by atoms with Gasteiger partial charge in [-0.3, -0.25) is 4.31 Å². The summed E-state index contributed by atoms with van der Waals surface area (Å²) >= 11 is 1.21. The first kappa shape index (κ1) is 19.6. The van der Waals surface area contributed by atoms with E-state index >= 15 is 0 Å². The molecule has 4 rings (SSSR count). The average molecular weight is 410 g/mol. The molecule has 0 bridgehead atoms. The molecule has 0 unspecified atom stereocenters.